The number of nitrogens with one attached hydrogen (secondary N) is 1. The molecule has 0 radical (unpaired) electrons. The summed E-state index contributed by atoms with van der Waals surface area (Å²) in [5.74, 6) is 0.0629. The molecule has 3 heterocycles. The van der Waals surface area contributed by atoms with E-state index in [0.717, 1.165) is 42.7 Å². The Labute approximate surface area is 209 Å². The molecular formula is C26H22Br2N4O. The van der Waals surface area contributed by atoms with E-state index < -0.39 is 5.41 Å². The summed E-state index contributed by atoms with van der Waals surface area (Å²) < 4.78 is 1.79. The minimum Gasteiger partial charge on any atom is -0.347 e. The Balaban J connectivity index is 1.73. The molecule has 33 heavy (non-hydrogen) atoms. The number of carbonyl (C=O) groups excluding carboxylic acids is 1. The van der Waals surface area contributed by atoms with Crippen molar-refractivity contribution in [3.05, 3.63) is 110 Å². The van der Waals surface area contributed by atoms with Gasteiger partial charge in [-0.1, -0.05) is 40.2 Å². The van der Waals surface area contributed by atoms with Crippen LogP contribution in [-0.4, -0.2) is 27.9 Å². The van der Waals surface area contributed by atoms with Crippen molar-refractivity contribution in [2.75, 3.05) is 11.9 Å². The second-order valence-corrected chi connectivity index (χ2v) is 10.2. The number of H-pyrrole nitrogens is 1. The minimum atomic E-state index is -0.460. The number of pyridine rings is 1. The lowest BCUT2D eigenvalue weighted by Gasteiger charge is -2.35. The van der Waals surface area contributed by atoms with Gasteiger partial charge in [0, 0.05) is 47.6 Å². The zero-order valence-electron chi connectivity index (χ0n) is 18.2. The summed E-state index contributed by atoms with van der Waals surface area (Å²) in [6.45, 7) is 2.21. The Morgan fingerprint density at radius 3 is 2.64 bits per heavy atom. The number of hydrogen-bond donors (Lipinski definition) is 1. The fraction of sp³-hybridized carbons (Fsp3) is 0.192. The summed E-state index contributed by atoms with van der Waals surface area (Å²) in [5, 5.41) is 0. The highest BCUT2D eigenvalue weighted by Crippen LogP contribution is 2.45. The monoisotopic (exact) mass is 564 g/mol. The van der Waals surface area contributed by atoms with Crippen LogP contribution in [0.25, 0.3) is 0 Å². The largest absolute Gasteiger partial charge is 0.347 e. The SMILES string of the molecule is CN1C(=O)CC(c2ccnc(Br)c2)c2cc(C(C)(c3cccc(Br)c3)c3cnc[nH]3)ccc21. The van der Waals surface area contributed by atoms with Crippen molar-refractivity contribution in [1.29, 1.82) is 0 Å². The van der Waals surface area contributed by atoms with Gasteiger partial charge in [0.1, 0.15) is 4.60 Å². The number of anilines is 1. The fourth-order valence-electron chi connectivity index (χ4n) is 4.74. The van der Waals surface area contributed by atoms with E-state index >= 15 is 0 Å². The van der Waals surface area contributed by atoms with Crippen LogP contribution < -0.4 is 4.90 Å². The van der Waals surface area contributed by atoms with E-state index in [1.807, 2.05) is 31.4 Å². The number of imidazole rings is 1. The third kappa shape index (κ3) is 3.83. The van der Waals surface area contributed by atoms with Gasteiger partial charge < -0.3 is 9.88 Å². The van der Waals surface area contributed by atoms with Gasteiger partial charge in [0.2, 0.25) is 5.91 Å². The molecule has 1 amide bonds. The van der Waals surface area contributed by atoms with Crippen molar-refractivity contribution in [3.8, 4) is 0 Å². The zero-order chi connectivity index (χ0) is 23.2. The van der Waals surface area contributed by atoms with Crippen LogP contribution in [0, 0.1) is 0 Å². The molecule has 2 unspecified atom stereocenters. The normalized spacial score (nSPS) is 17.5. The molecule has 2 aromatic heterocycles. The predicted octanol–water partition coefficient (Wildman–Crippen LogP) is 6.18. The van der Waals surface area contributed by atoms with E-state index in [4.69, 9.17) is 0 Å². The van der Waals surface area contributed by atoms with Crippen LogP contribution in [0.3, 0.4) is 0 Å². The molecule has 7 heteroatoms. The smallest absolute Gasteiger partial charge is 0.227 e. The third-order valence-electron chi connectivity index (χ3n) is 6.69. The third-order valence-corrected chi connectivity index (χ3v) is 7.61. The maximum atomic E-state index is 12.8. The lowest BCUT2D eigenvalue weighted by molar-refractivity contribution is -0.118. The molecule has 5 nitrogen and oxygen atoms in total. The Hall–Kier alpha value is -2.77. The van der Waals surface area contributed by atoms with Gasteiger partial charge in [-0.05, 0) is 75.4 Å². The molecule has 1 aliphatic heterocycles. The molecule has 2 aromatic carbocycles. The highest BCUT2D eigenvalue weighted by molar-refractivity contribution is 9.10. The summed E-state index contributed by atoms with van der Waals surface area (Å²) in [7, 11) is 1.85. The first kappa shape index (κ1) is 22.0. The Kier molecular flexibility index (Phi) is 5.70. The molecule has 5 rings (SSSR count). The number of aromatic amines is 1. The van der Waals surface area contributed by atoms with Crippen LogP contribution in [0.2, 0.25) is 0 Å². The lowest BCUT2D eigenvalue weighted by Crippen LogP contribution is -2.34. The molecule has 166 valence electrons. The summed E-state index contributed by atoms with van der Waals surface area (Å²) in [5.41, 5.74) is 5.96. The number of rotatable bonds is 4. The second-order valence-electron chi connectivity index (χ2n) is 8.50. The molecule has 0 saturated heterocycles. The standard InChI is InChI=1S/C26H22Br2N4O/c1-26(23-14-29-15-31-23,17-4-3-5-19(27)11-17)18-6-7-22-21(12-18)20(13-25(33)32(22)2)16-8-9-30-24(28)10-16/h3-12,14-15,20H,13H2,1-2H3,(H,29,31). The zero-order valence-corrected chi connectivity index (χ0v) is 21.4. The number of halogens is 2. The molecule has 0 bridgehead atoms. The number of hydrogen-bond acceptors (Lipinski definition) is 3. The highest BCUT2D eigenvalue weighted by atomic mass is 79.9. The van der Waals surface area contributed by atoms with Crippen molar-refractivity contribution < 1.29 is 4.79 Å². The highest BCUT2D eigenvalue weighted by Gasteiger charge is 2.36. The van der Waals surface area contributed by atoms with E-state index in [0.29, 0.717) is 6.42 Å². The number of amides is 1. The molecule has 0 fully saturated rings. The topological polar surface area (TPSA) is 61.9 Å². The molecule has 1 aliphatic rings. The molecule has 0 spiro atoms. The van der Waals surface area contributed by atoms with Gasteiger partial charge in [-0.15, -0.1) is 0 Å². The Morgan fingerprint density at radius 1 is 1.09 bits per heavy atom. The van der Waals surface area contributed by atoms with Crippen LogP contribution in [0.15, 0.2) is 82.4 Å². The minimum absolute atomic E-state index is 0.0449. The number of benzene rings is 2. The van der Waals surface area contributed by atoms with Crippen LogP contribution in [0.1, 0.15) is 47.2 Å². The van der Waals surface area contributed by atoms with Crippen molar-refractivity contribution in [1.82, 2.24) is 15.0 Å². The number of carbonyl (C=O) groups is 1. The van der Waals surface area contributed by atoms with E-state index in [9.17, 15) is 4.79 Å². The van der Waals surface area contributed by atoms with Gasteiger partial charge in [0.25, 0.3) is 0 Å². The van der Waals surface area contributed by atoms with Gasteiger partial charge in [-0.3, -0.25) is 4.79 Å². The van der Waals surface area contributed by atoms with Crippen molar-refractivity contribution >= 4 is 43.5 Å². The molecule has 2 atom stereocenters. The summed E-state index contributed by atoms with van der Waals surface area (Å²) in [4.78, 5) is 26.5. The number of nitrogens with zero attached hydrogens (tertiary/aromatic N) is 3. The van der Waals surface area contributed by atoms with Crippen molar-refractivity contribution in [2.24, 2.45) is 0 Å². The van der Waals surface area contributed by atoms with Crippen molar-refractivity contribution in [2.45, 2.75) is 24.7 Å². The maximum absolute atomic E-state index is 12.8. The van der Waals surface area contributed by atoms with E-state index in [1.54, 1.807) is 17.4 Å². The number of fused-ring (bicyclic) bond motifs is 1. The van der Waals surface area contributed by atoms with Crippen LogP contribution in [-0.2, 0) is 10.2 Å². The van der Waals surface area contributed by atoms with Gasteiger partial charge in [-0.2, -0.15) is 0 Å². The van der Waals surface area contributed by atoms with Crippen LogP contribution in [0.4, 0.5) is 5.69 Å². The molecule has 0 saturated carbocycles. The summed E-state index contributed by atoms with van der Waals surface area (Å²) >= 11 is 7.12. The predicted molar refractivity (Wildman–Crippen MR) is 137 cm³/mol. The summed E-state index contributed by atoms with van der Waals surface area (Å²) in [6.07, 6.45) is 5.80. The lowest BCUT2D eigenvalue weighted by atomic mass is 9.72. The number of aromatic nitrogens is 3. The van der Waals surface area contributed by atoms with Crippen LogP contribution >= 0.6 is 31.9 Å². The van der Waals surface area contributed by atoms with E-state index in [2.05, 4.69) is 90.1 Å². The first-order chi connectivity index (χ1) is 15.9. The average molecular weight is 566 g/mol. The van der Waals surface area contributed by atoms with Crippen molar-refractivity contribution in [3.63, 3.8) is 0 Å². The maximum Gasteiger partial charge on any atom is 0.227 e. The molecular weight excluding hydrogens is 544 g/mol. The van der Waals surface area contributed by atoms with E-state index in [1.165, 1.54) is 0 Å². The first-order valence-corrected chi connectivity index (χ1v) is 12.2. The fourth-order valence-corrected chi connectivity index (χ4v) is 5.53. The van der Waals surface area contributed by atoms with Gasteiger partial charge in [0.15, 0.2) is 0 Å². The first-order valence-electron chi connectivity index (χ1n) is 10.6. The Morgan fingerprint density at radius 2 is 1.91 bits per heavy atom. The molecule has 0 aliphatic carbocycles. The second kappa shape index (κ2) is 8.54. The van der Waals surface area contributed by atoms with Gasteiger partial charge in [0.05, 0.1) is 11.7 Å². The Bertz CT molecular complexity index is 1340. The van der Waals surface area contributed by atoms with Gasteiger partial charge >= 0.3 is 0 Å². The quantitative estimate of drug-likeness (QED) is 0.300. The van der Waals surface area contributed by atoms with E-state index in [-0.39, 0.29) is 11.8 Å². The van der Waals surface area contributed by atoms with Gasteiger partial charge in [-0.25, -0.2) is 9.97 Å². The molecule has 4 aromatic rings. The van der Waals surface area contributed by atoms with Crippen LogP contribution in [0.5, 0.6) is 0 Å². The molecule has 1 N–H and O–H groups in total. The summed E-state index contributed by atoms with van der Waals surface area (Å²) in [6, 6.07) is 18.8. The average Bonchev–Trinajstić information content (AvgIpc) is 3.36.